The number of hydrogen-bond donors (Lipinski definition) is 0. The molecular formula is C26H32F2N2O2S. The van der Waals surface area contributed by atoms with Gasteiger partial charge in [-0.1, -0.05) is 36.4 Å². The van der Waals surface area contributed by atoms with E-state index >= 15 is 0 Å². The molecule has 0 amide bonds. The topological polar surface area (TPSA) is 40.6 Å². The second kappa shape index (κ2) is 8.35. The molecule has 2 aromatic rings. The summed E-state index contributed by atoms with van der Waals surface area (Å²) in [5.41, 5.74) is 1.47. The number of halogens is 2. The van der Waals surface area contributed by atoms with Crippen molar-refractivity contribution >= 4 is 15.5 Å². The molecular weight excluding hydrogens is 442 g/mol. The molecule has 33 heavy (non-hydrogen) atoms. The number of hydrogen-bond acceptors (Lipinski definition) is 4. The predicted molar refractivity (Wildman–Crippen MR) is 126 cm³/mol. The minimum atomic E-state index is -3.26. The van der Waals surface area contributed by atoms with Crippen LogP contribution in [0.15, 0.2) is 59.5 Å². The Morgan fingerprint density at radius 1 is 1.00 bits per heavy atom. The highest BCUT2D eigenvalue weighted by Gasteiger charge is 2.70. The molecule has 3 fully saturated rings. The summed E-state index contributed by atoms with van der Waals surface area (Å²) < 4.78 is 51.7. The Hall–Kier alpha value is -1.99. The van der Waals surface area contributed by atoms with Gasteiger partial charge in [-0.05, 0) is 55.4 Å². The van der Waals surface area contributed by atoms with E-state index in [0.717, 1.165) is 44.7 Å². The van der Waals surface area contributed by atoms with Crippen LogP contribution in [0.1, 0.15) is 43.7 Å². The highest BCUT2D eigenvalue weighted by molar-refractivity contribution is 7.90. The van der Waals surface area contributed by atoms with Crippen LogP contribution in [0.4, 0.5) is 14.5 Å². The van der Waals surface area contributed by atoms with Gasteiger partial charge in [0.05, 0.1) is 10.9 Å². The molecule has 2 saturated carbocycles. The third kappa shape index (κ3) is 4.54. The highest BCUT2D eigenvalue weighted by Crippen LogP contribution is 2.68. The van der Waals surface area contributed by atoms with Gasteiger partial charge in [-0.3, -0.25) is 4.90 Å². The van der Waals surface area contributed by atoms with Gasteiger partial charge in [0.15, 0.2) is 9.84 Å². The zero-order valence-corrected chi connectivity index (χ0v) is 19.9. The molecule has 0 N–H and O–H groups in total. The predicted octanol–water partition coefficient (Wildman–Crippen LogP) is 5.17. The maximum atomic E-state index is 13.8. The molecule has 7 heteroatoms. The van der Waals surface area contributed by atoms with E-state index in [1.54, 1.807) is 18.2 Å². The summed E-state index contributed by atoms with van der Waals surface area (Å²) in [6.07, 6.45) is 4.40. The summed E-state index contributed by atoms with van der Waals surface area (Å²) in [5, 5.41) is 0. The first-order valence-corrected chi connectivity index (χ1v) is 13.8. The molecule has 1 saturated heterocycles. The molecule has 1 atom stereocenters. The number of nitrogens with zero attached hydrogens (tertiary/aromatic N) is 2. The Balaban J connectivity index is 1.32. The van der Waals surface area contributed by atoms with E-state index in [-0.39, 0.29) is 12.5 Å². The second-order valence-corrected chi connectivity index (χ2v) is 12.3. The molecule has 5 rings (SSSR count). The summed E-state index contributed by atoms with van der Waals surface area (Å²) in [6, 6.07) is 17.8. The lowest BCUT2D eigenvalue weighted by Crippen LogP contribution is -2.50. The van der Waals surface area contributed by atoms with Crippen molar-refractivity contribution in [1.29, 1.82) is 0 Å². The average molecular weight is 475 g/mol. The Morgan fingerprint density at radius 3 is 2.33 bits per heavy atom. The molecule has 1 heterocycles. The number of anilines is 1. The number of alkyl halides is 2. The summed E-state index contributed by atoms with van der Waals surface area (Å²) in [7, 11) is -3.26. The lowest BCUT2D eigenvalue weighted by molar-refractivity contribution is 0.0337. The van der Waals surface area contributed by atoms with Crippen LogP contribution in [0.5, 0.6) is 0 Å². The van der Waals surface area contributed by atoms with E-state index in [2.05, 4.69) is 34.1 Å². The van der Waals surface area contributed by atoms with Crippen molar-refractivity contribution in [3.63, 3.8) is 0 Å². The Labute approximate surface area is 195 Å². The molecule has 0 unspecified atom stereocenters. The summed E-state index contributed by atoms with van der Waals surface area (Å²) >= 11 is 0. The monoisotopic (exact) mass is 474 g/mol. The van der Waals surface area contributed by atoms with Crippen molar-refractivity contribution in [3.8, 4) is 0 Å². The first-order chi connectivity index (χ1) is 15.7. The molecule has 0 bridgehead atoms. The van der Waals surface area contributed by atoms with Crippen LogP contribution in [-0.2, 0) is 9.84 Å². The summed E-state index contributed by atoms with van der Waals surface area (Å²) in [6.45, 7) is 3.37. The van der Waals surface area contributed by atoms with E-state index in [1.807, 2.05) is 12.1 Å². The zero-order valence-electron chi connectivity index (χ0n) is 19.1. The van der Waals surface area contributed by atoms with Crippen molar-refractivity contribution < 1.29 is 17.2 Å². The Kier molecular flexibility index (Phi) is 5.76. The molecule has 1 spiro atoms. The standard InChI is InChI=1S/C26H32F2N2O2S/c1-33(31,32)23-9-5-8-22(16-23)29-14-15-30(24(18-29)21-6-3-2-4-7-21)17-20-10-12-25(13-11-20)19-26(25,27)28/h2-9,16,20,24H,10-15,17-19H2,1H3/t20?,24-,25?/m1/s1. The van der Waals surface area contributed by atoms with Crippen molar-refractivity contribution in [1.82, 2.24) is 4.90 Å². The van der Waals surface area contributed by atoms with Gasteiger partial charge >= 0.3 is 0 Å². The van der Waals surface area contributed by atoms with E-state index in [1.165, 1.54) is 11.8 Å². The zero-order chi connectivity index (χ0) is 23.3. The first kappa shape index (κ1) is 22.8. The fourth-order valence-corrected chi connectivity index (χ4v) is 6.50. The van der Waals surface area contributed by atoms with Gasteiger partial charge in [-0.2, -0.15) is 0 Å². The quantitative estimate of drug-likeness (QED) is 0.600. The van der Waals surface area contributed by atoms with Crippen LogP contribution < -0.4 is 4.90 Å². The van der Waals surface area contributed by atoms with E-state index < -0.39 is 21.2 Å². The molecule has 2 aromatic carbocycles. The molecule has 178 valence electrons. The fraction of sp³-hybridized carbons (Fsp3) is 0.538. The first-order valence-electron chi connectivity index (χ1n) is 11.9. The highest BCUT2D eigenvalue weighted by atomic mass is 32.2. The van der Waals surface area contributed by atoms with Gasteiger partial charge in [0.25, 0.3) is 5.92 Å². The number of piperazine rings is 1. The normalized spacial score (nSPS) is 29.8. The lowest BCUT2D eigenvalue weighted by atomic mass is 9.79. The number of benzene rings is 2. The van der Waals surface area contributed by atoms with E-state index in [0.29, 0.717) is 23.7 Å². The molecule has 1 aliphatic heterocycles. The largest absolute Gasteiger partial charge is 0.368 e. The van der Waals surface area contributed by atoms with Gasteiger partial charge in [0, 0.05) is 50.0 Å². The summed E-state index contributed by atoms with van der Waals surface area (Å²) in [5.74, 6) is -1.98. The van der Waals surface area contributed by atoms with Crippen LogP contribution in [0.3, 0.4) is 0 Å². The smallest absolute Gasteiger partial charge is 0.254 e. The third-order valence-corrected chi connectivity index (χ3v) is 9.16. The maximum Gasteiger partial charge on any atom is 0.254 e. The molecule has 2 aliphatic carbocycles. The third-order valence-electron chi connectivity index (χ3n) is 8.05. The van der Waals surface area contributed by atoms with Crippen LogP contribution in [0.2, 0.25) is 0 Å². The van der Waals surface area contributed by atoms with E-state index in [4.69, 9.17) is 0 Å². The van der Waals surface area contributed by atoms with Crippen molar-refractivity contribution in [2.24, 2.45) is 11.3 Å². The van der Waals surface area contributed by atoms with Crippen molar-refractivity contribution in [3.05, 3.63) is 60.2 Å². The van der Waals surface area contributed by atoms with Crippen LogP contribution in [-0.4, -0.2) is 51.7 Å². The number of rotatable bonds is 5. The van der Waals surface area contributed by atoms with Crippen LogP contribution in [0, 0.1) is 11.3 Å². The Morgan fingerprint density at radius 2 is 1.70 bits per heavy atom. The maximum absolute atomic E-state index is 13.8. The van der Waals surface area contributed by atoms with Gasteiger partial charge in [-0.25, -0.2) is 17.2 Å². The Bertz CT molecular complexity index is 1100. The number of sulfone groups is 1. The van der Waals surface area contributed by atoms with Crippen LogP contribution in [0.25, 0.3) is 0 Å². The van der Waals surface area contributed by atoms with Gasteiger partial charge < -0.3 is 4.90 Å². The molecule has 0 aromatic heterocycles. The summed E-state index contributed by atoms with van der Waals surface area (Å²) in [4.78, 5) is 5.12. The second-order valence-electron chi connectivity index (χ2n) is 10.2. The lowest BCUT2D eigenvalue weighted by Gasteiger charge is -2.45. The van der Waals surface area contributed by atoms with E-state index in [9.17, 15) is 17.2 Å². The van der Waals surface area contributed by atoms with Crippen molar-refractivity contribution in [2.45, 2.75) is 49.0 Å². The molecule has 4 nitrogen and oxygen atoms in total. The molecule has 3 aliphatic rings. The van der Waals surface area contributed by atoms with Gasteiger partial charge in [0.1, 0.15) is 0 Å². The fourth-order valence-electron chi connectivity index (χ4n) is 5.84. The van der Waals surface area contributed by atoms with Gasteiger partial charge in [-0.15, -0.1) is 0 Å². The molecule has 0 radical (unpaired) electrons. The SMILES string of the molecule is CS(=O)(=O)c1cccc(N2CCN(CC3CCC4(CC3)CC4(F)F)[C@@H](c3ccccc3)C2)c1. The minimum Gasteiger partial charge on any atom is -0.368 e. The van der Waals surface area contributed by atoms with Crippen LogP contribution >= 0.6 is 0 Å². The van der Waals surface area contributed by atoms with Crippen molar-refractivity contribution in [2.75, 3.05) is 37.3 Å². The van der Waals surface area contributed by atoms with Gasteiger partial charge in [0.2, 0.25) is 0 Å². The average Bonchev–Trinajstić information content (AvgIpc) is 3.34. The minimum absolute atomic E-state index is 0.0879.